The maximum absolute atomic E-state index is 12.2. The highest BCUT2D eigenvalue weighted by molar-refractivity contribution is 5.93. The number of carbonyl (C=O) groups is 1. The van der Waals surface area contributed by atoms with Crippen LogP contribution in [-0.4, -0.2) is 25.0 Å². The fourth-order valence-electron chi connectivity index (χ4n) is 2.31. The van der Waals surface area contributed by atoms with E-state index in [4.69, 9.17) is 4.42 Å². The SMILES string of the molecule is CN(C)c1ccc(Nc2ccnc(C(=O)NCc3ccco3)c2)cc1. The van der Waals surface area contributed by atoms with Crippen molar-refractivity contribution in [3.63, 3.8) is 0 Å². The average Bonchev–Trinajstić information content (AvgIpc) is 3.14. The Kier molecular flexibility index (Phi) is 4.99. The van der Waals surface area contributed by atoms with E-state index in [2.05, 4.69) is 15.6 Å². The Hall–Kier alpha value is -3.28. The molecule has 0 fully saturated rings. The van der Waals surface area contributed by atoms with Crippen LogP contribution in [0.15, 0.2) is 65.4 Å². The van der Waals surface area contributed by atoms with E-state index < -0.39 is 0 Å². The van der Waals surface area contributed by atoms with Gasteiger partial charge in [0.25, 0.3) is 5.91 Å². The first-order chi connectivity index (χ1) is 12.1. The molecule has 3 rings (SSSR count). The van der Waals surface area contributed by atoms with Crippen LogP contribution < -0.4 is 15.5 Å². The van der Waals surface area contributed by atoms with Gasteiger partial charge in [-0.1, -0.05) is 0 Å². The lowest BCUT2D eigenvalue weighted by Crippen LogP contribution is -2.23. The van der Waals surface area contributed by atoms with Crippen molar-refractivity contribution in [3.8, 4) is 0 Å². The maximum atomic E-state index is 12.2. The van der Waals surface area contributed by atoms with Crippen molar-refractivity contribution in [2.75, 3.05) is 24.3 Å². The molecule has 0 saturated carbocycles. The molecule has 3 aromatic rings. The van der Waals surface area contributed by atoms with Gasteiger partial charge < -0.3 is 20.0 Å². The van der Waals surface area contributed by atoms with Gasteiger partial charge in [0, 0.05) is 37.4 Å². The summed E-state index contributed by atoms with van der Waals surface area (Å²) >= 11 is 0. The summed E-state index contributed by atoms with van der Waals surface area (Å²) in [6, 6.07) is 15.2. The number of hydrogen-bond acceptors (Lipinski definition) is 5. The second-order valence-electron chi connectivity index (χ2n) is 5.76. The van der Waals surface area contributed by atoms with Crippen LogP contribution in [0.2, 0.25) is 0 Å². The number of furan rings is 1. The fourth-order valence-corrected chi connectivity index (χ4v) is 2.31. The summed E-state index contributed by atoms with van der Waals surface area (Å²) in [5, 5.41) is 6.06. The topological polar surface area (TPSA) is 70.4 Å². The van der Waals surface area contributed by atoms with E-state index in [-0.39, 0.29) is 5.91 Å². The molecular weight excluding hydrogens is 316 g/mol. The third-order valence-electron chi connectivity index (χ3n) is 3.67. The average molecular weight is 336 g/mol. The van der Waals surface area contributed by atoms with E-state index in [0.29, 0.717) is 18.0 Å². The minimum Gasteiger partial charge on any atom is -0.467 e. The van der Waals surface area contributed by atoms with E-state index in [1.54, 1.807) is 24.6 Å². The number of nitrogens with one attached hydrogen (secondary N) is 2. The highest BCUT2D eigenvalue weighted by atomic mass is 16.3. The van der Waals surface area contributed by atoms with Gasteiger partial charge in [-0.15, -0.1) is 0 Å². The second-order valence-corrected chi connectivity index (χ2v) is 5.76. The van der Waals surface area contributed by atoms with Crippen LogP contribution in [0.5, 0.6) is 0 Å². The van der Waals surface area contributed by atoms with E-state index in [9.17, 15) is 4.79 Å². The molecule has 2 aromatic heterocycles. The maximum Gasteiger partial charge on any atom is 0.270 e. The van der Waals surface area contributed by atoms with Gasteiger partial charge >= 0.3 is 0 Å². The normalized spacial score (nSPS) is 10.3. The molecule has 0 aliphatic rings. The molecular formula is C19H20N4O2. The molecule has 0 radical (unpaired) electrons. The molecule has 2 N–H and O–H groups in total. The zero-order valence-electron chi connectivity index (χ0n) is 14.2. The van der Waals surface area contributed by atoms with Crippen LogP contribution in [-0.2, 0) is 6.54 Å². The first-order valence-corrected chi connectivity index (χ1v) is 7.93. The van der Waals surface area contributed by atoms with E-state index in [0.717, 1.165) is 17.1 Å². The summed E-state index contributed by atoms with van der Waals surface area (Å²) in [7, 11) is 4.00. The van der Waals surface area contributed by atoms with Gasteiger partial charge in [-0.05, 0) is 48.5 Å². The number of pyridine rings is 1. The van der Waals surface area contributed by atoms with Gasteiger partial charge in [0.15, 0.2) is 0 Å². The molecule has 1 amide bonds. The van der Waals surface area contributed by atoms with Gasteiger partial charge in [0.2, 0.25) is 0 Å². The van der Waals surface area contributed by atoms with Crippen molar-refractivity contribution in [1.82, 2.24) is 10.3 Å². The second kappa shape index (κ2) is 7.53. The number of hydrogen-bond donors (Lipinski definition) is 2. The third-order valence-corrected chi connectivity index (χ3v) is 3.67. The zero-order valence-corrected chi connectivity index (χ0v) is 14.2. The van der Waals surface area contributed by atoms with E-state index in [1.165, 1.54) is 0 Å². The van der Waals surface area contributed by atoms with Crippen molar-refractivity contribution in [3.05, 3.63) is 72.4 Å². The zero-order chi connectivity index (χ0) is 17.6. The number of amides is 1. The molecule has 128 valence electrons. The highest BCUT2D eigenvalue weighted by Gasteiger charge is 2.09. The first kappa shape index (κ1) is 16.6. The molecule has 25 heavy (non-hydrogen) atoms. The summed E-state index contributed by atoms with van der Waals surface area (Å²) in [5.74, 6) is 0.451. The summed E-state index contributed by atoms with van der Waals surface area (Å²) in [6.07, 6.45) is 3.18. The van der Waals surface area contributed by atoms with Crippen LogP contribution in [0, 0.1) is 0 Å². The molecule has 1 aromatic carbocycles. The van der Waals surface area contributed by atoms with Gasteiger partial charge in [0.1, 0.15) is 11.5 Å². The van der Waals surface area contributed by atoms with Crippen LogP contribution in [0.1, 0.15) is 16.2 Å². The van der Waals surface area contributed by atoms with Gasteiger partial charge in [-0.3, -0.25) is 9.78 Å². The monoisotopic (exact) mass is 336 g/mol. The molecule has 0 bridgehead atoms. The lowest BCUT2D eigenvalue weighted by molar-refractivity contribution is 0.0943. The Morgan fingerprint density at radius 3 is 2.60 bits per heavy atom. The molecule has 0 unspecified atom stereocenters. The molecule has 0 saturated heterocycles. The predicted molar refractivity (Wildman–Crippen MR) is 98.2 cm³/mol. The van der Waals surface area contributed by atoms with Crippen LogP contribution in [0.3, 0.4) is 0 Å². The third kappa shape index (κ3) is 4.38. The first-order valence-electron chi connectivity index (χ1n) is 7.93. The Morgan fingerprint density at radius 1 is 1.12 bits per heavy atom. The Balaban J connectivity index is 1.65. The minimum atomic E-state index is -0.247. The molecule has 6 nitrogen and oxygen atoms in total. The van der Waals surface area contributed by atoms with E-state index >= 15 is 0 Å². The van der Waals surface area contributed by atoms with Gasteiger partial charge in [0.05, 0.1) is 12.8 Å². The molecule has 0 atom stereocenters. The highest BCUT2D eigenvalue weighted by Crippen LogP contribution is 2.20. The number of anilines is 3. The Morgan fingerprint density at radius 2 is 1.92 bits per heavy atom. The number of nitrogens with zero attached hydrogens (tertiary/aromatic N) is 2. The number of carbonyl (C=O) groups excluding carboxylic acids is 1. The van der Waals surface area contributed by atoms with Gasteiger partial charge in [-0.25, -0.2) is 0 Å². The largest absolute Gasteiger partial charge is 0.467 e. The summed E-state index contributed by atoms with van der Waals surface area (Å²) in [4.78, 5) is 18.4. The van der Waals surface area contributed by atoms with Crippen molar-refractivity contribution in [2.45, 2.75) is 6.54 Å². The number of benzene rings is 1. The standard InChI is InChI=1S/C19H20N4O2/c1-23(2)16-7-5-14(6-8-16)22-15-9-10-20-18(12-15)19(24)21-13-17-4-3-11-25-17/h3-12H,13H2,1-2H3,(H,20,22)(H,21,24). The Labute approximate surface area is 146 Å². The minimum absolute atomic E-state index is 0.247. The summed E-state index contributed by atoms with van der Waals surface area (Å²) in [6.45, 7) is 0.331. The van der Waals surface area contributed by atoms with E-state index in [1.807, 2.05) is 55.4 Å². The van der Waals surface area contributed by atoms with Crippen molar-refractivity contribution < 1.29 is 9.21 Å². The van der Waals surface area contributed by atoms with Gasteiger partial charge in [-0.2, -0.15) is 0 Å². The predicted octanol–water partition coefficient (Wildman–Crippen LogP) is 3.41. The number of rotatable bonds is 6. The molecule has 6 heteroatoms. The summed E-state index contributed by atoms with van der Waals surface area (Å²) in [5.41, 5.74) is 3.22. The number of aromatic nitrogens is 1. The fraction of sp³-hybridized carbons (Fsp3) is 0.158. The molecule has 0 aliphatic carbocycles. The van der Waals surface area contributed by atoms with Crippen LogP contribution in [0.4, 0.5) is 17.1 Å². The lowest BCUT2D eigenvalue weighted by Gasteiger charge is -2.13. The van der Waals surface area contributed by atoms with Crippen molar-refractivity contribution in [1.29, 1.82) is 0 Å². The smallest absolute Gasteiger partial charge is 0.270 e. The Bertz CT molecular complexity index is 827. The van der Waals surface area contributed by atoms with Crippen molar-refractivity contribution >= 4 is 23.0 Å². The molecule has 2 heterocycles. The lowest BCUT2D eigenvalue weighted by atomic mass is 10.2. The molecule has 0 aliphatic heterocycles. The quantitative estimate of drug-likeness (QED) is 0.722. The van der Waals surface area contributed by atoms with Crippen molar-refractivity contribution in [2.24, 2.45) is 0 Å². The van der Waals surface area contributed by atoms with Crippen LogP contribution in [0.25, 0.3) is 0 Å². The van der Waals surface area contributed by atoms with Crippen LogP contribution >= 0.6 is 0 Å². The summed E-state index contributed by atoms with van der Waals surface area (Å²) < 4.78 is 5.20. The molecule has 0 spiro atoms.